The number of hydrogen-bond acceptors (Lipinski definition) is 6. The number of hydrogen-bond donors (Lipinski definition) is 3. The summed E-state index contributed by atoms with van der Waals surface area (Å²) in [5, 5.41) is 4.39. The van der Waals surface area contributed by atoms with E-state index in [4.69, 9.17) is 11.5 Å². The van der Waals surface area contributed by atoms with Crippen LogP contribution in [0.5, 0.6) is 0 Å². The highest BCUT2D eigenvalue weighted by molar-refractivity contribution is 6.01. The summed E-state index contributed by atoms with van der Waals surface area (Å²) in [4.78, 5) is 25.1. The molecule has 0 radical (unpaired) electrons. The minimum atomic E-state index is -0.200. The second kappa shape index (κ2) is 6.77. The molecule has 1 aliphatic rings. The molecule has 3 heterocycles. The lowest BCUT2D eigenvalue weighted by Crippen LogP contribution is -2.31. The van der Waals surface area contributed by atoms with Gasteiger partial charge in [-0.2, -0.15) is 0 Å². The number of nitrogens with zero attached hydrogens (tertiary/aromatic N) is 3. The van der Waals surface area contributed by atoms with Crippen LogP contribution in [-0.2, 0) is 4.79 Å². The summed E-state index contributed by atoms with van der Waals surface area (Å²) >= 11 is 0. The molecule has 4 rings (SSSR count). The zero-order valence-corrected chi connectivity index (χ0v) is 14.9. The molecular formula is C20H20N6O. The first-order valence-corrected chi connectivity index (χ1v) is 8.73. The van der Waals surface area contributed by atoms with Gasteiger partial charge in [0.1, 0.15) is 11.6 Å². The third-order valence-electron chi connectivity index (χ3n) is 4.70. The number of pyridine rings is 3. The Labute approximate surface area is 156 Å². The van der Waals surface area contributed by atoms with Crippen molar-refractivity contribution in [2.75, 3.05) is 11.1 Å². The molecule has 0 saturated heterocycles. The number of nitrogens with two attached hydrogens (primary N) is 2. The van der Waals surface area contributed by atoms with E-state index in [1.165, 1.54) is 0 Å². The van der Waals surface area contributed by atoms with Crippen LogP contribution in [0.1, 0.15) is 18.4 Å². The molecule has 7 heteroatoms. The Balaban J connectivity index is 1.66. The predicted octanol–water partition coefficient (Wildman–Crippen LogP) is 2.57. The third kappa shape index (κ3) is 3.50. The second-order valence-corrected chi connectivity index (χ2v) is 6.83. The van der Waals surface area contributed by atoms with Crippen molar-refractivity contribution < 1.29 is 4.79 Å². The van der Waals surface area contributed by atoms with Crippen molar-refractivity contribution in [1.82, 2.24) is 15.0 Å². The van der Waals surface area contributed by atoms with Crippen LogP contribution in [0.2, 0.25) is 0 Å². The summed E-state index contributed by atoms with van der Waals surface area (Å²) in [6, 6.07) is 5.82. The quantitative estimate of drug-likeness (QED) is 0.618. The highest BCUT2D eigenvalue weighted by Crippen LogP contribution is 2.29. The van der Waals surface area contributed by atoms with Crippen LogP contribution in [0.4, 0.5) is 11.6 Å². The maximum absolute atomic E-state index is 12.1. The van der Waals surface area contributed by atoms with Gasteiger partial charge in [-0.3, -0.25) is 9.78 Å². The maximum atomic E-state index is 12.1. The molecule has 0 aliphatic heterocycles. The number of amides is 1. The van der Waals surface area contributed by atoms with Crippen molar-refractivity contribution in [1.29, 1.82) is 0 Å². The van der Waals surface area contributed by atoms with E-state index in [1.54, 1.807) is 30.7 Å². The van der Waals surface area contributed by atoms with Crippen molar-refractivity contribution in [2.24, 2.45) is 5.73 Å². The molecular weight excluding hydrogens is 340 g/mol. The lowest BCUT2D eigenvalue weighted by molar-refractivity contribution is -0.112. The summed E-state index contributed by atoms with van der Waals surface area (Å²) in [7, 11) is 0. The van der Waals surface area contributed by atoms with E-state index in [9.17, 15) is 4.79 Å². The van der Waals surface area contributed by atoms with Crippen molar-refractivity contribution in [3.8, 4) is 11.3 Å². The number of nitrogen functional groups attached to an aromatic ring is 1. The molecule has 1 aliphatic carbocycles. The zero-order chi connectivity index (χ0) is 19.0. The fourth-order valence-corrected chi connectivity index (χ4v) is 3.19. The molecule has 3 aromatic rings. The molecule has 27 heavy (non-hydrogen) atoms. The molecule has 7 nitrogen and oxygen atoms in total. The highest BCUT2D eigenvalue weighted by atomic mass is 16.1. The summed E-state index contributed by atoms with van der Waals surface area (Å²) in [5.74, 6) is 0.656. The first kappa shape index (κ1) is 17.1. The van der Waals surface area contributed by atoms with Crippen molar-refractivity contribution >= 4 is 28.3 Å². The first-order valence-electron chi connectivity index (χ1n) is 8.73. The zero-order valence-electron chi connectivity index (χ0n) is 14.9. The van der Waals surface area contributed by atoms with Gasteiger partial charge in [0, 0.05) is 41.7 Å². The van der Waals surface area contributed by atoms with E-state index >= 15 is 0 Å². The van der Waals surface area contributed by atoms with E-state index in [1.807, 2.05) is 19.1 Å². The molecule has 3 aromatic heterocycles. The topological polar surface area (TPSA) is 120 Å². The third-order valence-corrected chi connectivity index (χ3v) is 4.70. The second-order valence-electron chi connectivity index (χ2n) is 6.83. The average molecular weight is 360 g/mol. The van der Waals surface area contributed by atoms with E-state index in [0.29, 0.717) is 11.6 Å². The summed E-state index contributed by atoms with van der Waals surface area (Å²) in [6.07, 6.45) is 8.27. The Morgan fingerprint density at radius 1 is 1.30 bits per heavy atom. The Bertz CT molecular complexity index is 1070. The highest BCUT2D eigenvalue weighted by Gasteiger charge is 2.19. The van der Waals surface area contributed by atoms with Crippen LogP contribution in [0.25, 0.3) is 22.0 Å². The van der Waals surface area contributed by atoms with Crippen molar-refractivity contribution in [3.63, 3.8) is 0 Å². The minimum Gasteiger partial charge on any atom is -0.383 e. The average Bonchev–Trinajstić information content (AvgIpc) is 2.60. The van der Waals surface area contributed by atoms with Gasteiger partial charge < -0.3 is 16.8 Å². The Morgan fingerprint density at radius 3 is 2.85 bits per heavy atom. The van der Waals surface area contributed by atoms with Crippen LogP contribution >= 0.6 is 0 Å². The fraction of sp³-hybridized carbons (Fsp3) is 0.200. The monoisotopic (exact) mass is 360 g/mol. The van der Waals surface area contributed by atoms with Crippen LogP contribution in [0.3, 0.4) is 0 Å². The lowest BCUT2D eigenvalue weighted by Gasteiger charge is -2.24. The Morgan fingerprint density at radius 2 is 2.11 bits per heavy atom. The summed E-state index contributed by atoms with van der Waals surface area (Å²) in [5.41, 5.74) is 15.6. The van der Waals surface area contributed by atoms with Crippen LogP contribution in [0, 0.1) is 6.92 Å². The molecule has 1 saturated carbocycles. The maximum Gasteiger partial charge on any atom is 0.249 e. The van der Waals surface area contributed by atoms with Gasteiger partial charge in [-0.05, 0) is 48.9 Å². The molecule has 0 bridgehead atoms. The number of aryl methyl sites for hydroxylation is 1. The van der Waals surface area contributed by atoms with Gasteiger partial charge in [0.15, 0.2) is 0 Å². The van der Waals surface area contributed by atoms with Crippen LogP contribution in [0.15, 0.2) is 48.4 Å². The first-order chi connectivity index (χ1) is 13.0. The number of carbonyl (C=O) groups is 1. The number of rotatable bonds is 3. The van der Waals surface area contributed by atoms with Gasteiger partial charge in [-0.15, -0.1) is 0 Å². The van der Waals surface area contributed by atoms with E-state index in [-0.39, 0.29) is 11.9 Å². The van der Waals surface area contributed by atoms with E-state index in [2.05, 4.69) is 20.3 Å². The normalized spacial score (nSPS) is 16.1. The summed E-state index contributed by atoms with van der Waals surface area (Å²) in [6.45, 7) is 2.00. The Kier molecular flexibility index (Phi) is 4.29. The standard InChI is InChI=1S/C20H20N6O/c1-11-2-3-23-9-15(11)17-7-13-8-18(24-10-16(13)20(22)25-17)26-19(27)6-12-4-14(21)5-12/h2-3,6-10,14H,4-5,21H2,1H3,(H2,22,25)(H,24,26,27). The molecule has 0 unspecified atom stereocenters. The molecule has 0 aromatic carbocycles. The predicted molar refractivity (Wildman–Crippen MR) is 106 cm³/mol. The van der Waals surface area contributed by atoms with Gasteiger partial charge in [0.2, 0.25) is 5.91 Å². The molecule has 136 valence electrons. The van der Waals surface area contributed by atoms with Gasteiger partial charge in [-0.25, -0.2) is 9.97 Å². The largest absolute Gasteiger partial charge is 0.383 e. The van der Waals surface area contributed by atoms with E-state index < -0.39 is 0 Å². The Hall–Kier alpha value is -3.32. The van der Waals surface area contributed by atoms with Crippen molar-refractivity contribution in [2.45, 2.75) is 25.8 Å². The number of nitrogens with one attached hydrogen (secondary N) is 1. The van der Waals surface area contributed by atoms with Crippen LogP contribution in [-0.4, -0.2) is 26.9 Å². The minimum absolute atomic E-state index is 0.174. The molecule has 5 N–H and O–H groups in total. The molecule has 0 atom stereocenters. The molecule has 1 amide bonds. The number of fused-ring (bicyclic) bond motifs is 1. The van der Waals surface area contributed by atoms with Gasteiger partial charge in [0.05, 0.1) is 5.69 Å². The van der Waals surface area contributed by atoms with Gasteiger partial charge in [0.25, 0.3) is 0 Å². The SMILES string of the molecule is Cc1ccncc1-c1cc2cc(NC(=O)C=C3CC(N)C3)ncc2c(N)n1. The van der Waals surface area contributed by atoms with Gasteiger partial charge >= 0.3 is 0 Å². The number of aromatic nitrogens is 3. The molecule has 1 fully saturated rings. The smallest absolute Gasteiger partial charge is 0.249 e. The van der Waals surface area contributed by atoms with Crippen LogP contribution < -0.4 is 16.8 Å². The number of carbonyl (C=O) groups excluding carboxylic acids is 1. The van der Waals surface area contributed by atoms with Gasteiger partial charge in [-0.1, -0.05) is 5.57 Å². The lowest BCUT2D eigenvalue weighted by atomic mass is 9.87. The summed E-state index contributed by atoms with van der Waals surface area (Å²) < 4.78 is 0. The molecule has 0 spiro atoms. The van der Waals surface area contributed by atoms with Crippen molar-refractivity contribution in [3.05, 3.63) is 54.0 Å². The number of anilines is 2. The van der Waals surface area contributed by atoms with E-state index in [0.717, 1.165) is 46.0 Å². The fourth-order valence-electron chi connectivity index (χ4n) is 3.19.